The van der Waals surface area contributed by atoms with E-state index in [1.54, 1.807) is 13.0 Å². The maximum atomic E-state index is 13.6. The van der Waals surface area contributed by atoms with Gasteiger partial charge < -0.3 is 10.6 Å². The van der Waals surface area contributed by atoms with Crippen LogP contribution in [0.2, 0.25) is 0 Å². The summed E-state index contributed by atoms with van der Waals surface area (Å²) in [5, 5.41) is 5.78. The van der Waals surface area contributed by atoms with Gasteiger partial charge >= 0.3 is 0 Å². The molecule has 1 amide bonds. The van der Waals surface area contributed by atoms with Crippen LogP contribution in [0, 0.1) is 18.7 Å². The lowest BCUT2D eigenvalue weighted by Crippen LogP contribution is -2.38. The van der Waals surface area contributed by atoms with Gasteiger partial charge in [-0.15, -0.1) is 0 Å². The van der Waals surface area contributed by atoms with Crippen molar-refractivity contribution in [2.24, 2.45) is 5.92 Å². The average molecular weight is 266 g/mol. The highest BCUT2D eigenvalue weighted by Gasteiger charge is 2.15. The van der Waals surface area contributed by atoms with Gasteiger partial charge in [-0.25, -0.2) is 4.39 Å². The van der Waals surface area contributed by atoms with Gasteiger partial charge in [0, 0.05) is 6.54 Å². The molecule has 19 heavy (non-hydrogen) atoms. The van der Waals surface area contributed by atoms with Crippen LogP contribution in [0.4, 0.5) is 10.1 Å². The Morgan fingerprint density at radius 1 is 1.32 bits per heavy atom. The van der Waals surface area contributed by atoms with E-state index in [2.05, 4.69) is 24.5 Å². The van der Waals surface area contributed by atoms with Gasteiger partial charge in [-0.2, -0.15) is 0 Å². The van der Waals surface area contributed by atoms with Gasteiger partial charge in [0.25, 0.3) is 0 Å². The summed E-state index contributed by atoms with van der Waals surface area (Å²) in [6, 6.07) is 4.40. The SMILES string of the molecule is Cc1cccc(F)c1NC(C)C(=O)NCCC(C)C. The number of hydrogen-bond acceptors (Lipinski definition) is 2. The number of carbonyl (C=O) groups is 1. The molecule has 0 spiro atoms. The second kappa shape index (κ2) is 7.12. The number of halogens is 1. The first-order valence-electron chi connectivity index (χ1n) is 6.71. The molecule has 0 saturated heterocycles. The Morgan fingerprint density at radius 2 is 2.00 bits per heavy atom. The number of para-hydroxylation sites is 1. The highest BCUT2D eigenvalue weighted by molar-refractivity contribution is 5.84. The summed E-state index contributed by atoms with van der Waals surface area (Å²) >= 11 is 0. The van der Waals surface area contributed by atoms with Crippen LogP contribution in [0.15, 0.2) is 18.2 Å². The monoisotopic (exact) mass is 266 g/mol. The lowest BCUT2D eigenvalue weighted by Gasteiger charge is -2.17. The van der Waals surface area contributed by atoms with E-state index in [0.29, 0.717) is 18.2 Å². The zero-order valence-electron chi connectivity index (χ0n) is 12.1. The van der Waals surface area contributed by atoms with E-state index in [1.165, 1.54) is 6.07 Å². The normalized spacial score (nSPS) is 12.3. The molecule has 0 aliphatic rings. The fourth-order valence-electron chi connectivity index (χ4n) is 1.73. The highest BCUT2D eigenvalue weighted by Crippen LogP contribution is 2.19. The van der Waals surface area contributed by atoms with Crippen molar-refractivity contribution in [1.82, 2.24) is 5.32 Å². The van der Waals surface area contributed by atoms with Crippen molar-refractivity contribution < 1.29 is 9.18 Å². The van der Waals surface area contributed by atoms with Crippen LogP contribution in [0.3, 0.4) is 0 Å². The van der Waals surface area contributed by atoms with Crippen molar-refractivity contribution in [1.29, 1.82) is 0 Å². The number of nitrogens with one attached hydrogen (secondary N) is 2. The zero-order valence-corrected chi connectivity index (χ0v) is 12.1. The number of amides is 1. The number of benzene rings is 1. The van der Waals surface area contributed by atoms with Crippen molar-refractivity contribution in [3.05, 3.63) is 29.6 Å². The molecule has 1 aromatic rings. The number of rotatable bonds is 6. The fraction of sp³-hybridized carbons (Fsp3) is 0.533. The molecule has 2 N–H and O–H groups in total. The Hall–Kier alpha value is -1.58. The van der Waals surface area contributed by atoms with Crippen LogP contribution >= 0.6 is 0 Å². The van der Waals surface area contributed by atoms with Crippen LogP contribution in [0.25, 0.3) is 0 Å². The topological polar surface area (TPSA) is 41.1 Å². The first kappa shape index (κ1) is 15.5. The summed E-state index contributed by atoms with van der Waals surface area (Å²) in [6.07, 6.45) is 0.942. The van der Waals surface area contributed by atoms with E-state index in [9.17, 15) is 9.18 Å². The number of aryl methyl sites for hydroxylation is 1. The van der Waals surface area contributed by atoms with Crippen LogP contribution in [-0.4, -0.2) is 18.5 Å². The molecule has 0 bridgehead atoms. The molecule has 0 aliphatic heterocycles. The van der Waals surface area contributed by atoms with E-state index in [-0.39, 0.29) is 11.7 Å². The van der Waals surface area contributed by atoms with Gasteiger partial charge in [-0.1, -0.05) is 26.0 Å². The minimum absolute atomic E-state index is 0.108. The van der Waals surface area contributed by atoms with Crippen LogP contribution in [0.1, 0.15) is 32.8 Å². The van der Waals surface area contributed by atoms with E-state index in [0.717, 1.165) is 12.0 Å². The summed E-state index contributed by atoms with van der Waals surface area (Å²) in [6.45, 7) is 8.41. The van der Waals surface area contributed by atoms with Crippen molar-refractivity contribution in [3.8, 4) is 0 Å². The molecule has 1 atom stereocenters. The summed E-state index contributed by atoms with van der Waals surface area (Å²) in [5.74, 6) is 0.113. The molecule has 0 saturated carbocycles. The highest BCUT2D eigenvalue weighted by atomic mass is 19.1. The van der Waals surface area contributed by atoms with E-state index in [4.69, 9.17) is 0 Å². The molecule has 0 aliphatic carbocycles. The number of carbonyl (C=O) groups excluding carboxylic acids is 1. The third-order valence-corrected chi connectivity index (χ3v) is 3.00. The molecular weight excluding hydrogens is 243 g/mol. The zero-order chi connectivity index (χ0) is 14.4. The molecule has 1 unspecified atom stereocenters. The first-order valence-corrected chi connectivity index (χ1v) is 6.71. The third kappa shape index (κ3) is 4.89. The lowest BCUT2D eigenvalue weighted by atomic mass is 10.1. The van der Waals surface area contributed by atoms with Gasteiger partial charge in [-0.05, 0) is 37.8 Å². The van der Waals surface area contributed by atoms with Gasteiger partial charge in [0.05, 0.1) is 5.69 Å². The maximum absolute atomic E-state index is 13.6. The molecule has 0 fully saturated rings. The molecule has 106 valence electrons. The summed E-state index contributed by atoms with van der Waals surface area (Å²) in [7, 11) is 0. The molecule has 1 aromatic carbocycles. The molecule has 0 heterocycles. The van der Waals surface area contributed by atoms with Crippen molar-refractivity contribution in [2.45, 2.75) is 40.2 Å². The van der Waals surface area contributed by atoms with Gasteiger partial charge in [0.15, 0.2) is 0 Å². The van der Waals surface area contributed by atoms with Gasteiger partial charge in [-0.3, -0.25) is 4.79 Å². The number of anilines is 1. The van der Waals surface area contributed by atoms with Crippen LogP contribution in [-0.2, 0) is 4.79 Å². The standard InChI is InChI=1S/C15H23FN2O/c1-10(2)8-9-17-15(19)12(4)18-14-11(3)6-5-7-13(14)16/h5-7,10,12,18H,8-9H2,1-4H3,(H,17,19). The molecule has 0 radical (unpaired) electrons. The van der Waals surface area contributed by atoms with E-state index >= 15 is 0 Å². The van der Waals surface area contributed by atoms with Crippen molar-refractivity contribution >= 4 is 11.6 Å². The maximum Gasteiger partial charge on any atom is 0.242 e. The molecule has 3 nitrogen and oxygen atoms in total. The molecule has 4 heteroatoms. The van der Waals surface area contributed by atoms with E-state index < -0.39 is 6.04 Å². The minimum atomic E-state index is -0.456. The number of hydrogen-bond donors (Lipinski definition) is 2. The van der Waals surface area contributed by atoms with Crippen LogP contribution < -0.4 is 10.6 Å². The minimum Gasteiger partial charge on any atom is -0.371 e. The smallest absolute Gasteiger partial charge is 0.242 e. The quantitative estimate of drug-likeness (QED) is 0.830. The molecule has 1 rings (SSSR count). The van der Waals surface area contributed by atoms with E-state index in [1.807, 2.05) is 13.0 Å². The van der Waals surface area contributed by atoms with Gasteiger partial charge in [0.1, 0.15) is 11.9 Å². The second-order valence-electron chi connectivity index (χ2n) is 5.27. The third-order valence-electron chi connectivity index (χ3n) is 3.00. The Kier molecular flexibility index (Phi) is 5.80. The summed E-state index contributed by atoms with van der Waals surface area (Å²) in [4.78, 5) is 11.9. The predicted molar refractivity (Wildman–Crippen MR) is 76.7 cm³/mol. The Labute approximate surface area is 114 Å². The second-order valence-corrected chi connectivity index (χ2v) is 5.27. The molecule has 0 aromatic heterocycles. The summed E-state index contributed by atoms with van der Waals surface area (Å²) < 4.78 is 13.6. The molecular formula is C15H23FN2O. The van der Waals surface area contributed by atoms with Crippen LogP contribution in [0.5, 0.6) is 0 Å². The van der Waals surface area contributed by atoms with Gasteiger partial charge in [0.2, 0.25) is 5.91 Å². The first-order chi connectivity index (χ1) is 8.91. The predicted octanol–water partition coefficient (Wildman–Crippen LogP) is 3.10. The Morgan fingerprint density at radius 3 is 2.58 bits per heavy atom. The average Bonchev–Trinajstić information content (AvgIpc) is 2.33. The fourth-order valence-corrected chi connectivity index (χ4v) is 1.73. The van der Waals surface area contributed by atoms with Crippen molar-refractivity contribution in [2.75, 3.05) is 11.9 Å². The summed E-state index contributed by atoms with van der Waals surface area (Å²) in [5.41, 5.74) is 1.19. The lowest BCUT2D eigenvalue weighted by molar-refractivity contribution is -0.121. The largest absolute Gasteiger partial charge is 0.371 e. The Bertz CT molecular complexity index is 412. The Balaban J connectivity index is 2.54. The van der Waals surface area contributed by atoms with Crippen molar-refractivity contribution in [3.63, 3.8) is 0 Å².